The molecule has 0 spiro atoms. The molecule has 4 rings (SSSR count). The highest BCUT2D eigenvalue weighted by Crippen LogP contribution is 2.23. The molecule has 150 valence electrons. The smallest absolute Gasteiger partial charge is 0.317 e. The third kappa shape index (κ3) is 4.16. The van der Waals surface area contributed by atoms with Crippen LogP contribution >= 0.6 is 0 Å². The van der Waals surface area contributed by atoms with E-state index in [0.29, 0.717) is 38.6 Å². The average molecular weight is 383 g/mol. The van der Waals surface area contributed by atoms with E-state index in [2.05, 4.69) is 5.32 Å². The Morgan fingerprint density at radius 2 is 1.79 bits per heavy atom. The van der Waals surface area contributed by atoms with Gasteiger partial charge in [0.15, 0.2) is 0 Å². The molecule has 28 heavy (non-hydrogen) atoms. The Bertz CT molecular complexity index is 846. The summed E-state index contributed by atoms with van der Waals surface area (Å²) in [7, 11) is 0. The van der Waals surface area contributed by atoms with E-state index in [1.54, 1.807) is 6.26 Å². The Morgan fingerprint density at radius 3 is 2.54 bits per heavy atom. The molecule has 1 aliphatic carbocycles. The van der Waals surface area contributed by atoms with Crippen LogP contribution in [0.25, 0.3) is 11.0 Å². The molecule has 6 nitrogen and oxygen atoms in total. The van der Waals surface area contributed by atoms with Gasteiger partial charge < -0.3 is 19.5 Å². The zero-order chi connectivity index (χ0) is 19.5. The number of nitrogens with zero attached hydrogens (tertiary/aromatic N) is 2. The molecular formula is C22H29N3O3. The lowest BCUT2D eigenvalue weighted by Crippen LogP contribution is -2.54. The Kier molecular flexibility index (Phi) is 5.55. The van der Waals surface area contributed by atoms with Crippen molar-refractivity contribution in [3.8, 4) is 0 Å². The summed E-state index contributed by atoms with van der Waals surface area (Å²) in [5.41, 5.74) is 2.90. The Labute approximate surface area is 165 Å². The number of nitrogens with one attached hydrogen (secondary N) is 1. The van der Waals surface area contributed by atoms with Gasteiger partial charge in [0.2, 0.25) is 5.91 Å². The minimum atomic E-state index is 0.0233. The molecule has 1 aromatic carbocycles. The third-order valence-corrected chi connectivity index (χ3v) is 6.01. The quantitative estimate of drug-likeness (QED) is 0.883. The lowest BCUT2D eigenvalue weighted by molar-refractivity contribution is -0.131. The van der Waals surface area contributed by atoms with Gasteiger partial charge in [0.1, 0.15) is 5.58 Å². The van der Waals surface area contributed by atoms with Crippen molar-refractivity contribution in [2.45, 2.75) is 51.5 Å². The predicted octanol–water partition coefficient (Wildman–Crippen LogP) is 3.47. The lowest BCUT2D eigenvalue weighted by Gasteiger charge is -2.36. The number of amides is 3. The minimum Gasteiger partial charge on any atom is -0.464 e. The van der Waals surface area contributed by atoms with Gasteiger partial charge in [-0.1, -0.05) is 31.4 Å². The van der Waals surface area contributed by atoms with E-state index in [1.807, 2.05) is 34.9 Å². The highest BCUT2D eigenvalue weighted by Gasteiger charge is 2.26. The number of carbonyl (C=O) groups excluding carboxylic acids is 2. The second-order valence-corrected chi connectivity index (χ2v) is 8.09. The standard InChI is InChI=1S/C22H29N3O3/c1-16-7-8-19-17(15-28-20(19)13-16)14-21(26)24-9-11-25(12-10-24)22(27)23-18-5-3-2-4-6-18/h7-8,13,15,18H,2-6,9-12,14H2,1H3,(H,23,27). The van der Waals surface area contributed by atoms with Gasteiger partial charge in [-0.15, -0.1) is 0 Å². The molecule has 2 aromatic rings. The third-order valence-electron chi connectivity index (χ3n) is 6.01. The molecular weight excluding hydrogens is 354 g/mol. The topological polar surface area (TPSA) is 65.8 Å². The number of furan rings is 1. The van der Waals surface area contributed by atoms with E-state index in [0.717, 1.165) is 34.9 Å². The zero-order valence-corrected chi connectivity index (χ0v) is 16.6. The van der Waals surface area contributed by atoms with Crippen LogP contribution in [-0.2, 0) is 11.2 Å². The van der Waals surface area contributed by atoms with Gasteiger partial charge in [-0.3, -0.25) is 4.79 Å². The van der Waals surface area contributed by atoms with Crippen LogP contribution < -0.4 is 5.32 Å². The van der Waals surface area contributed by atoms with Gasteiger partial charge in [-0.05, 0) is 31.4 Å². The lowest BCUT2D eigenvalue weighted by atomic mass is 9.96. The Hall–Kier alpha value is -2.50. The molecule has 0 unspecified atom stereocenters. The maximum Gasteiger partial charge on any atom is 0.317 e. The van der Waals surface area contributed by atoms with Crippen molar-refractivity contribution in [2.24, 2.45) is 0 Å². The molecule has 0 bridgehead atoms. The molecule has 1 aromatic heterocycles. The summed E-state index contributed by atoms with van der Waals surface area (Å²) in [5.74, 6) is 0.0932. The first-order chi connectivity index (χ1) is 13.6. The molecule has 6 heteroatoms. The average Bonchev–Trinajstić information content (AvgIpc) is 3.10. The molecule has 2 aliphatic rings. The SMILES string of the molecule is Cc1ccc2c(CC(=O)N3CCN(C(=O)NC4CCCCC4)CC3)coc2c1. The molecule has 3 amide bonds. The summed E-state index contributed by atoms with van der Waals surface area (Å²) in [6.45, 7) is 4.39. The summed E-state index contributed by atoms with van der Waals surface area (Å²) in [4.78, 5) is 28.9. The van der Waals surface area contributed by atoms with Crippen molar-refractivity contribution in [2.75, 3.05) is 26.2 Å². The Balaban J connectivity index is 1.29. The fourth-order valence-electron chi connectivity index (χ4n) is 4.27. The summed E-state index contributed by atoms with van der Waals surface area (Å²) in [6.07, 6.45) is 7.88. The number of rotatable bonds is 3. The number of urea groups is 1. The number of fused-ring (bicyclic) bond motifs is 1. The molecule has 0 radical (unpaired) electrons. The van der Waals surface area contributed by atoms with E-state index in [-0.39, 0.29) is 11.9 Å². The number of hydrogen-bond donors (Lipinski definition) is 1. The molecule has 0 atom stereocenters. The highest BCUT2D eigenvalue weighted by molar-refractivity contribution is 5.88. The first-order valence-corrected chi connectivity index (χ1v) is 10.4. The van der Waals surface area contributed by atoms with Crippen molar-refractivity contribution < 1.29 is 14.0 Å². The van der Waals surface area contributed by atoms with E-state index in [4.69, 9.17) is 4.42 Å². The fourth-order valence-corrected chi connectivity index (χ4v) is 4.27. The van der Waals surface area contributed by atoms with Gasteiger partial charge >= 0.3 is 6.03 Å². The summed E-state index contributed by atoms with van der Waals surface area (Å²) >= 11 is 0. The van der Waals surface area contributed by atoms with Crippen LogP contribution in [0.5, 0.6) is 0 Å². The number of carbonyl (C=O) groups is 2. The molecule has 2 fully saturated rings. The fraction of sp³-hybridized carbons (Fsp3) is 0.545. The van der Waals surface area contributed by atoms with Crippen LogP contribution in [0.15, 0.2) is 28.9 Å². The van der Waals surface area contributed by atoms with Crippen molar-refractivity contribution in [1.82, 2.24) is 15.1 Å². The van der Waals surface area contributed by atoms with Gasteiger partial charge in [-0.2, -0.15) is 0 Å². The molecule has 2 heterocycles. The number of piperazine rings is 1. The monoisotopic (exact) mass is 383 g/mol. The van der Waals surface area contributed by atoms with Crippen molar-refractivity contribution >= 4 is 22.9 Å². The van der Waals surface area contributed by atoms with Crippen LogP contribution in [0.1, 0.15) is 43.2 Å². The molecule has 1 saturated carbocycles. The molecule has 1 saturated heterocycles. The zero-order valence-electron chi connectivity index (χ0n) is 16.6. The second-order valence-electron chi connectivity index (χ2n) is 8.09. The predicted molar refractivity (Wildman–Crippen MR) is 108 cm³/mol. The van der Waals surface area contributed by atoms with E-state index >= 15 is 0 Å². The maximum absolute atomic E-state index is 12.7. The molecule has 1 aliphatic heterocycles. The largest absolute Gasteiger partial charge is 0.464 e. The first kappa shape index (κ1) is 18.8. The van der Waals surface area contributed by atoms with Crippen molar-refractivity contribution in [3.63, 3.8) is 0 Å². The first-order valence-electron chi connectivity index (χ1n) is 10.4. The van der Waals surface area contributed by atoms with Gasteiger partial charge in [0.05, 0.1) is 12.7 Å². The van der Waals surface area contributed by atoms with E-state index < -0.39 is 0 Å². The van der Waals surface area contributed by atoms with Crippen molar-refractivity contribution in [1.29, 1.82) is 0 Å². The normalized spacial score (nSPS) is 18.5. The van der Waals surface area contributed by atoms with Gasteiger partial charge in [-0.25, -0.2) is 4.79 Å². The second kappa shape index (κ2) is 8.25. The van der Waals surface area contributed by atoms with Crippen LogP contribution in [0.2, 0.25) is 0 Å². The number of aryl methyl sites for hydroxylation is 1. The summed E-state index contributed by atoms with van der Waals surface area (Å²) in [5, 5.41) is 4.17. The van der Waals surface area contributed by atoms with Gasteiger partial charge in [0.25, 0.3) is 0 Å². The van der Waals surface area contributed by atoms with Crippen LogP contribution in [0.3, 0.4) is 0 Å². The van der Waals surface area contributed by atoms with E-state index in [1.165, 1.54) is 19.3 Å². The van der Waals surface area contributed by atoms with Crippen molar-refractivity contribution in [3.05, 3.63) is 35.6 Å². The van der Waals surface area contributed by atoms with Crippen LogP contribution in [-0.4, -0.2) is 54.0 Å². The Morgan fingerprint density at radius 1 is 1.07 bits per heavy atom. The number of hydrogen-bond acceptors (Lipinski definition) is 3. The number of benzene rings is 1. The van der Waals surface area contributed by atoms with Crippen LogP contribution in [0, 0.1) is 6.92 Å². The summed E-state index contributed by atoms with van der Waals surface area (Å²) in [6, 6.07) is 6.39. The van der Waals surface area contributed by atoms with Gasteiger partial charge in [0, 0.05) is 43.2 Å². The molecule has 1 N–H and O–H groups in total. The maximum atomic E-state index is 12.7. The van der Waals surface area contributed by atoms with E-state index in [9.17, 15) is 9.59 Å². The van der Waals surface area contributed by atoms with Crippen LogP contribution in [0.4, 0.5) is 4.79 Å². The minimum absolute atomic E-state index is 0.0233. The summed E-state index contributed by atoms with van der Waals surface area (Å²) < 4.78 is 5.61. The highest BCUT2D eigenvalue weighted by atomic mass is 16.3.